The van der Waals surface area contributed by atoms with Crippen LogP contribution in [-0.2, 0) is 11.3 Å². The molecule has 16 heavy (non-hydrogen) atoms. The zero-order valence-electron chi connectivity index (χ0n) is 8.30. The first-order chi connectivity index (χ1) is 7.75. The number of nitrogens with one attached hydrogen (secondary N) is 1. The Morgan fingerprint density at radius 2 is 2.25 bits per heavy atom. The van der Waals surface area contributed by atoms with Crippen molar-refractivity contribution in [3.63, 3.8) is 0 Å². The van der Waals surface area contributed by atoms with Gasteiger partial charge in [-0.15, -0.1) is 0 Å². The highest BCUT2D eigenvalue weighted by Gasteiger charge is 2.05. The fourth-order valence-corrected chi connectivity index (χ4v) is 1.74. The van der Waals surface area contributed by atoms with E-state index in [4.69, 9.17) is 0 Å². The van der Waals surface area contributed by atoms with Gasteiger partial charge in [0.2, 0.25) is 5.91 Å². The molecular weight excluding hydrogens is 319 g/mol. The van der Waals surface area contributed by atoms with Crippen LogP contribution in [0.25, 0.3) is 0 Å². The van der Waals surface area contributed by atoms with Crippen LogP contribution in [0, 0.1) is 3.57 Å². The maximum atomic E-state index is 11.6. The number of benzene rings is 1. The minimum atomic E-state index is -0.116. The fourth-order valence-electron chi connectivity index (χ4n) is 1.21. The quantitative estimate of drug-likeness (QED) is 0.869. The Bertz CT molecular complexity index is 483. The molecule has 0 saturated carbocycles. The molecule has 5 nitrogen and oxygen atoms in total. The van der Waals surface area contributed by atoms with Crippen molar-refractivity contribution >= 4 is 34.2 Å². The number of carbonyl (C=O) groups is 1. The number of halogens is 1. The normalized spacial score (nSPS) is 10.1. The molecule has 1 aromatic heterocycles. The number of hydrogen-bond donors (Lipinski definition) is 1. The van der Waals surface area contributed by atoms with Crippen molar-refractivity contribution in [2.24, 2.45) is 0 Å². The van der Waals surface area contributed by atoms with Crippen LogP contribution in [0.3, 0.4) is 0 Å². The fraction of sp³-hybridized carbons (Fsp3) is 0.100. The number of amides is 1. The van der Waals surface area contributed by atoms with E-state index in [-0.39, 0.29) is 12.5 Å². The van der Waals surface area contributed by atoms with Crippen LogP contribution in [0.2, 0.25) is 0 Å². The number of para-hydroxylation sites is 1. The van der Waals surface area contributed by atoms with Gasteiger partial charge in [-0.05, 0) is 34.7 Å². The molecule has 0 aliphatic rings. The van der Waals surface area contributed by atoms with Gasteiger partial charge in [0, 0.05) is 3.57 Å². The second kappa shape index (κ2) is 5.06. The van der Waals surface area contributed by atoms with Gasteiger partial charge in [0.25, 0.3) is 0 Å². The highest BCUT2D eigenvalue weighted by molar-refractivity contribution is 14.1. The monoisotopic (exact) mass is 328 g/mol. The van der Waals surface area contributed by atoms with Crippen LogP contribution in [0.5, 0.6) is 0 Å². The number of hydrogen-bond acceptors (Lipinski definition) is 3. The molecule has 0 fully saturated rings. The molecule has 2 aromatic rings. The van der Waals surface area contributed by atoms with Crippen LogP contribution in [0.1, 0.15) is 0 Å². The van der Waals surface area contributed by atoms with E-state index in [2.05, 4.69) is 38.0 Å². The van der Waals surface area contributed by atoms with E-state index in [1.54, 1.807) is 0 Å². The van der Waals surface area contributed by atoms with Gasteiger partial charge in [0.05, 0.1) is 5.69 Å². The summed E-state index contributed by atoms with van der Waals surface area (Å²) in [4.78, 5) is 15.4. The minimum Gasteiger partial charge on any atom is -0.324 e. The zero-order chi connectivity index (χ0) is 11.4. The summed E-state index contributed by atoms with van der Waals surface area (Å²) in [5.74, 6) is -0.116. The van der Waals surface area contributed by atoms with Gasteiger partial charge < -0.3 is 5.32 Å². The number of nitrogens with zero attached hydrogens (tertiary/aromatic N) is 3. The minimum absolute atomic E-state index is 0.116. The van der Waals surface area contributed by atoms with Crippen LogP contribution >= 0.6 is 22.6 Å². The molecule has 1 N–H and O–H groups in total. The van der Waals surface area contributed by atoms with Crippen molar-refractivity contribution in [1.82, 2.24) is 14.8 Å². The molecular formula is C10H9IN4O. The maximum Gasteiger partial charge on any atom is 0.246 e. The van der Waals surface area contributed by atoms with Gasteiger partial charge in [-0.2, -0.15) is 5.10 Å². The molecule has 0 aliphatic heterocycles. The van der Waals surface area contributed by atoms with Gasteiger partial charge in [0.1, 0.15) is 19.2 Å². The first-order valence-corrected chi connectivity index (χ1v) is 5.70. The molecule has 0 saturated heterocycles. The van der Waals surface area contributed by atoms with Gasteiger partial charge in [-0.25, -0.2) is 9.67 Å². The third kappa shape index (κ3) is 2.78. The van der Waals surface area contributed by atoms with E-state index in [0.717, 1.165) is 9.26 Å². The lowest BCUT2D eigenvalue weighted by Crippen LogP contribution is -2.19. The first kappa shape index (κ1) is 11.1. The summed E-state index contributed by atoms with van der Waals surface area (Å²) >= 11 is 2.17. The van der Waals surface area contributed by atoms with Crippen molar-refractivity contribution in [1.29, 1.82) is 0 Å². The van der Waals surface area contributed by atoms with Gasteiger partial charge in [-0.1, -0.05) is 12.1 Å². The van der Waals surface area contributed by atoms with Crippen LogP contribution in [0.15, 0.2) is 36.9 Å². The third-order valence-electron chi connectivity index (χ3n) is 1.92. The summed E-state index contributed by atoms with van der Waals surface area (Å²) in [6.45, 7) is 0.172. The molecule has 0 atom stereocenters. The Hall–Kier alpha value is -1.44. The van der Waals surface area contributed by atoms with Crippen LogP contribution < -0.4 is 5.32 Å². The summed E-state index contributed by atoms with van der Waals surface area (Å²) in [7, 11) is 0. The zero-order valence-corrected chi connectivity index (χ0v) is 10.5. The molecule has 0 spiro atoms. The van der Waals surface area contributed by atoms with Gasteiger partial charge in [-0.3, -0.25) is 4.79 Å². The molecule has 1 amide bonds. The number of rotatable bonds is 3. The van der Waals surface area contributed by atoms with Gasteiger partial charge >= 0.3 is 0 Å². The predicted molar refractivity (Wildman–Crippen MR) is 67.8 cm³/mol. The molecule has 1 heterocycles. The molecule has 6 heteroatoms. The molecule has 82 valence electrons. The summed E-state index contributed by atoms with van der Waals surface area (Å²) in [5, 5.41) is 6.68. The Balaban J connectivity index is 2.00. The van der Waals surface area contributed by atoms with Crippen LogP contribution in [0.4, 0.5) is 5.69 Å². The van der Waals surface area contributed by atoms with Crippen LogP contribution in [-0.4, -0.2) is 20.7 Å². The standard InChI is InChI=1S/C10H9IN4O/c11-8-3-1-2-4-9(8)14-10(16)5-15-7-12-6-13-15/h1-4,6-7H,5H2,(H,14,16). The summed E-state index contributed by atoms with van der Waals surface area (Å²) < 4.78 is 2.48. The van der Waals surface area contributed by atoms with Crippen molar-refractivity contribution < 1.29 is 4.79 Å². The number of anilines is 1. The lowest BCUT2D eigenvalue weighted by atomic mass is 10.3. The molecule has 0 bridgehead atoms. The Morgan fingerprint density at radius 1 is 1.44 bits per heavy atom. The highest BCUT2D eigenvalue weighted by atomic mass is 127. The van der Waals surface area contributed by atoms with Crippen molar-refractivity contribution in [3.8, 4) is 0 Å². The number of aromatic nitrogens is 3. The largest absolute Gasteiger partial charge is 0.324 e. The molecule has 1 aromatic carbocycles. The smallest absolute Gasteiger partial charge is 0.246 e. The number of carbonyl (C=O) groups excluding carboxylic acids is 1. The second-order valence-corrected chi connectivity index (χ2v) is 4.28. The van der Waals surface area contributed by atoms with Gasteiger partial charge in [0.15, 0.2) is 0 Å². The van der Waals surface area contributed by atoms with Crippen molar-refractivity contribution in [2.45, 2.75) is 6.54 Å². The second-order valence-electron chi connectivity index (χ2n) is 3.12. The first-order valence-electron chi connectivity index (χ1n) is 4.62. The third-order valence-corrected chi connectivity index (χ3v) is 2.86. The Kier molecular flexibility index (Phi) is 3.50. The van der Waals surface area contributed by atoms with E-state index in [1.807, 2.05) is 24.3 Å². The predicted octanol–water partition coefficient (Wildman–Crippen LogP) is 1.52. The lowest BCUT2D eigenvalue weighted by Gasteiger charge is -2.06. The summed E-state index contributed by atoms with van der Waals surface area (Å²) in [6.07, 6.45) is 2.91. The van der Waals surface area contributed by atoms with E-state index in [1.165, 1.54) is 17.3 Å². The summed E-state index contributed by atoms with van der Waals surface area (Å²) in [6, 6.07) is 7.61. The Morgan fingerprint density at radius 3 is 2.94 bits per heavy atom. The lowest BCUT2D eigenvalue weighted by molar-refractivity contribution is -0.116. The van der Waals surface area contributed by atoms with E-state index in [9.17, 15) is 4.79 Å². The van der Waals surface area contributed by atoms with Crippen molar-refractivity contribution in [3.05, 3.63) is 40.5 Å². The van der Waals surface area contributed by atoms with E-state index >= 15 is 0 Å². The van der Waals surface area contributed by atoms with E-state index in [0.29, 0.717) is 0 Å². The maximum absolute atomic E-state index is 11.6. The average molecular weight is 328 g/mol. The molecule has 0 unspecified atom stereocenters. The Labute approximate surface area is 106 Å². The van der Waals surface area contributed by atoms with E-state index < -0.39 is 0 Å². The average Bonchev–Trinajstić information content (AvgIpc) is 2.74. The topological polar surface area (TPSA) is 59.8 Å². The van der Waals surface area contributed by atoms with Crippen molar-refractivity contribution in [2.75, 3.05) is 5.32 Å². The molecule has 0 aliphatic carbocycles. The SMILES string of the molecule is O=C(Cn1cncn1)Nc1ccccc1I. The molecule has 0 radical (unpaired) electrons. The summed E-state index contributed by atoms with van der Waals surface area (Å²) in [5.41, 5.74) is 0.813. The molecule has 2 rings (SSSR count). The highest BCUT2D eigenvalue weighted by Crippen LogP contribution is 2.16.